The number of amides is 1. The maximum Gasteiger partial charge on any atom is 0.253 e. The molecule has 1 aromatic carbocycles. The molecule has 1 aromatic rings. The number of hydrogen-bond acceptors (Lipinski definition) is 2. The van der Waals surface area contributed by atoms with E-state index in [4.69, 9.17) is 16.7 Å². The van der Waals surface area contributed by atoms with E-state index < -0.39 is 0 Å². The average molecular weight is 321 g/mol. The van der Waals surface area contributed by atoms with E-state index in [1.807, 2.05) is 6.92 Å². The lowest BCUT2D eigenvalue weighted by atomic mass is 10.1. The maximum atomic E-state index is 12.0. The molecule has 0 radical (unpaired) electrons. The highest BCUT2D eigenvalue weighted by Crippen LogP contribution is 2.26. The number of hydrogen-bond donors (Lipinski definition) is 2. The van der Waals surface area contributed by atoms with E-state index in [1.165, 1.54) is 0 Å². The molecule has 0 spiro atoms. The van der Waals surface area contributed by atoms with Gasteiger partial charge in [-0.3, -0.25) is 4.79 Å². The van der Waals surface area contributed by atoms with E-state index in [-0.39, 0.29) is 18.6 Å². The van der Waals surface area contributed by atoms with Crippen LogP contribution in [0.2, 0.25) is 5.02 Å². The zero-order valence-corrected chi connectivity index (χ0v) is 11.9. The van der Waals surface area contributed by atoms with Gasteiger partial charge < -0.3 is 10.4 Å². The second-order valence-corrected chi connectivity index (χ2v) is 4.92. The summed E-state index contributed by atoms with van der Waals surface area (Å²) in [5.74, 6) is -0.211. The molecule has 2 N–H and O–H groups in total. The Morgan fingerprint density at radius 2 is 2.29 bits per heavy atom. The zero-order valence-electron chi connectivity index (χ0n) is 9.54. The lowest BCUT2D eigenvalue weighted by Gasteiger charge is -2.16. The van der Waals surface area contributed by atoms with Crippen molar-refractivity contribution >= 4 is 33.4 Å². The fourth-order valence-electron chi connectivity index (χ4n) is 1.48. The fraction of sp³-hybridized carbons (Fsp3) is 0.417. The van der Waals surface area contributed by atoms with Crippen LogP contribution in [0.15, 0.2) is 22.7 Å². The molecule has 0 saturated carbocycles. The van der Waals surface area contributed by atoms with Gasteiger partial charge in [-0.1, -0.05) is 24.6 Å². The van der Waals surface area contributed by atoms with Gasteiger partial charge in [0.1, 0.15) is 0 Å². The maximum absolute atomic E-state index is 12.0. The van der Waals surface area contributed by atoms with Crippen LogP contribution >= 0.6 is 27.5 Å². The highest BCUT2D eigenvalue weighted by atomic mass is 79.9. The Labute approximate surface area is 114 Å². The molecule has 0 aliphatic rings. The van der Waals surface area contributed by atoms with Gasteiger partial charge in [0.2, 0.25) is 0 Å². The molecular weight excluding hydrogens is 305 g/mol. The van der Waals surface area contributed by atoms with E-state index in [2.05, 4.69) is 21.2 Å². The van der Waals surface area contributed by atoms with Crippen LogP contribution in [0.5, 0.6) is 0 Å². The van der Waals surface area contributed by atoms with E-state index >= 15 is 0 Å². The van der Waals surface area contributed by atoms with Crippen LogP contribution in [0, 0.1) is 0 Å². The third-order valence-electron chi connectivity index (χ3n) is 2.50. The molecule has 1 atom stereocenters. The first-order chi connectivity index (χ1) is 8.10. The third kappa shape index (κ3) is 3.98. The van der Waals surface area contributed by atoms with Crippen LogP contribution in [-0.4, -0.2) is 23.7 Å². The molecule has 0 fully saturated rings. The second kappa shape index (κ2) is 6.99. The molecule has 1 rings (SSSR count). The summed E-state index contributed by atoms with van der Waals surface area (Å²) >= 11 is 9.31. The predicted octanol–water partition coefficient (Wildman–Crippen LogP) is 2.99. The molecule has 0 aliphatic carbocycles. The quantitative estimate of drug-likeness (QED) is 0.876. The summed E-state index contributed by atoms with van der Waals surface area (Å²) in [6.45, 7) is 2.02. The number of carbonyl (C=O) groups is 1. The fourth-order valence-corrected chi connectivity index (χ4v) is 2.05. The molecule has 0 saturated heterocycles. The summed E-state index contributed by atoms with van der Waals surface area (Å²) in [5, 5.41) is 12.1. The Morgan fingerprint density at radius 1 is 1.59 bits per heavy atom. The van der Waals surface area contributed by atoms with Crippen molar-refractivity contribution in [3.05, 3.63) is 33.3 Å². The summed E-state index contributed by atoms with van der Waals surface area (Å²) in [6, 6.07) is 5.19. The van der Waals surface area contributed by atoms with Gasteiger partial charge in [0.25, 0.3) is 5.91 Å². The SMILES string of the molecule is CCC(CCO)NC(=O)c1cccc(Br)c1Cl. The highest BCUT2D eigenvalue weighted by molar-refractivity contribution is 9.10. The molecule has 0 aromatic heterocycles. The number of aliphatic hydroxyl groups excluding tert-OH is 1. The summed E-state index contributed by atoms with van der Waals surface area (Å²) < 4.78 is 0.696. The Kier molecular flexibility index (Phi) is 5.95. The number of benzene rings is 1. The number of halogens is 2. The van der Waals surface area contributed by atoms with Gasteiger partial charge in [0.15, 0.2) is 0 Å². The molecule has 3 nitrogen and oxygen atoms in total. The van der Waals surface area contributed by atoms with Gasteiger partial charge in [0, 0.05) is 17.1 Å². The Morgan fingerprint density at radius 3 is 2.88 bits per heavy atom. The minimum Gasteiger partial charge on any atom is -0.396 e. The molecule has 94 valence electrons. The van der Waals surface area contributed by atoms with Crippen LogP contribution in [0.4, 0.5) is 0 Å². The molecule has 0 aliphatic heterocycles. The van der Waals surface area contributed by atoms with E-state index in [1.54, 1.807) is 18.2 Å². The summed E-state index contributed by atoms with van der Waals surface area (Å²) in [6.07, 6.45) is 1.33. The molecule has 1 amide bonds. The number of aliphatic hydroxyl groups is 1. The third-order valence-corrected chi connectivity index (χ3v) is 3.80. The minimum atomic E-state index is -0.211. The van der Waals surface area contributed by atoms with Crippen molar-refractivity contribution in [1.29, 1.82) is 0 Å². The van der Waals surface area contributed by atoms with Crippen molar-refractivity contribution in [2.75, 3.05) is 6.61 Å². The summed E-state index contributed by atoms with van der Waals surface area (Å²) in [5.41, 5.74) is 0.442. The number of rotatable bonds is 5. The first-order valence-corrected chi connectivity index (χ1v) is 6.63. The Bertz CT molecular complexity index is 398. The Balaban J connectivity index is 2.79. The first kappa shape index (κ1) is 14.5. The zero-order chi connectivity index (χ0) is 12.8. The van der Waals surface area contributed by atoms with Crippen molar-refractivity contribution in [3.8, 4) is 0 Å². The predicted molar refractivity (Wildman–Crippen MR) is 72.4 cm³/mol. The van der Waals surface area contributed by atoms with E-state index in [0.29, 0.717) is 21.5 Å². The molecule has 0 bridgehead atoms. The van der Waals surface area contributed by atoms with Crippen LogP contribution in [0.3, 0.4) is 0 Å². The Hall–Kier alpha value is -0.580. The normalized spacial score (nSPS) is 12.2. The van der Waals surface area contributed by atoms with Crippen LogP contribution in [-0.2, 0) is 0 Å². The second-order valence-electron chi connectivity index (χ2n) is 3.69. The largest absolute Gasteiger partial charge is 0.396 e. The van der Waals surface area contributed by atoms with Gasteiger partial charge in [-0.15, -0.1) is 0 Å². The van der Waals surface area contributed by atoms with Crippen molar-refractivity contribution < 1.29 is 9.90 Å². The van der Waals surface area contributed by atoms with Gasteiger partial charge >= 0.3 is 0 Å². The topological polar surface area (TPSA) is 49.3 Å². The molecule has 5 heteroatoms. The standard InChI is InChI=1S/C12H15BrClNO2/c1-2-8(6-7-16)15-12(17)9-4-3-5-10(13)11(9)14/h3-5,8,16H,2,6-7H2,1H3,(H,15,17). The molecule has 0 heterocycles. The van der Waals surface area contributed by atoms with Crippen LogP contribution in [0.1, 0.15) is 30.1 Å². The molecule has 17 heavy (non-hydrogen) atoms. The monoisotopic (exact) mass is 319 g/mol. The van der Waals surface area contributed by atoms with Gasteiger partial charge in [-0.2, -0.15) is 0 Å². The highest BCUT2D eigenvalue weighted by Gasteiger charge is 2.15. The lowest BCUT2D eigenvalue weighted by Crippen LogP contribution is -2.35. The minimum absolute atomic E-state index is 0.0254. The smallest absolute Gasteiger partial charge is 0.253 e. The lowest BCUT2D eigenvalue weighted by molar-refractivity contribution is 0.0929. The van der Waals surface area contributed by atoms with E-state index in [9.17, 15) is 4.79 Å². The number of nitrogens with one attached hydrogen (secondary N) is 1. The van der Waals surface area contributed by atoms with Crippen molar-refractivity contribution in [1.82, 2.24) is 5.32 Å². The molecular formula is C12H15BrClNO2. The van der Waals surface area contributed by atoms with Crippen LogP contribution < -0.4 is 5.32 Å². The molecule has 1 unspecified atom stereocenters. The van der Waals surface area contributed by atoms with Crippen molar-refractivity contribution in [2.24, 2.45) is 0 Å². The van der Waals surface area contributed by atoms with Gasteiger partial charge in [0.05, 0.1) is 10.6 Å². The van der Waals surface area contributed by atoms with Crippen molar-refractivity contribution in [3.63, 3.8) is 0 Å². The summed E-state index contributed by atoms with van der Waals surface area (Å²) in [7, 11) is 0. The first-order valence-electron chi connectivity index (χ1n) is 5.45. The number of carbonyl (C=O) groups excluding carboxylic acids is 1. The van der Waals surface area contributed by atoms with Gasteiger partial charge in [-0.25, -0.2) is 0 Å². The summed E-state index contributed by atoms with van der Waals surface area (Å²) in [4.78, 5) is 12.0. The van der Waals surface area contributed by atoms with Crippen LogP contribution in [0.25, 0.3) is 0 Å². The van der Waals surface area contributed by atoms with E-state index in [0.717, 1.165) is 6.42 Å². The van der Waals surface area contributed by atoms with Crippen molar-refractivity contribution in [2.45, 2.75) is 25.8 Å². The average Bonchev–Trinajstić information content (AvgIpc) is 2.31. The van der Waals surface area contributed by atoms with Gasteiger partial charge in [-0.05, 0) is 40.9 Å².